The maximum absolute atomic E-state index is 12.3. The molecule has 0 unspecified atom stereocenters. The van der Waals surface area contributed by atoms with Crippen LogP contribution >= 0.6 is 0 Å². The van der Waals surface area contributed by atoms with Gasteiger partial charge in [0, 0.05) is 44.8 Å². The van der Waals surface area contributed by atoms with Crippen molar-refractivity contribution in [2.24, 2.45) is 0 Å². The standard InChI is InChI=1S/C18H27N3O2/c1-14(2)16-6-4-5-15(3)18(16)19-8-7-17(23)21-11-9-20(13-22)10-12-21/h4-6,13-14,19H,7-12H2,1-3H3. The van der Waals surface area contributed by atoms with Crippen molar-refractivity contribution >= 4 is 18.0 Å². The van der Waals surface area contributed by atoms with E-state index >= 15 is 0 Å². The molecule has 0 bridgehead atoms. The molecule has 1 saturated heterocycles. The van der Waals surface area contributed by atoms with Crippen molar-refractivity contribution in [1.29, 1.82) is 0 Å². The van der Waals surface area contributed by atoms with Gasteiger partial charge in [-0.05, 0) is 24.0 Å². The number of aryl methyl sites for hydroxylation is 1. The normalized spacial score (nSPS) is 15.0. The highest BCUT2D eigenvalue weighted by atomic mass is 16.2. The van der Waals surface area contributed by atoms with E-state index in [1.165, 1.54) is 11.1 Å². The zero-order chi connectivity index (χ0) is 16.8. The highest BCUT2D eigenvalue weighted by Crippen LogP contribution is 2.27. The lowest BCUT2D eigenvalue weighted by Gasteiger charge is -2.32. The van der Waals surface area contributed by atoms with Gasteiger partial charge in [-0.2, -0.15) is 0 Å². The van der Waals surface area contributed by atoms with Gasteiger partial charge in [0.05, 0.1) is 0 Å². The Morgan fingerprint density at radius 3 is 2.57 bits per heavy atom. The van der Waals surface area contributed by atoms with Crippen molar-refractivity contribution < 1.29 is 9.59 Å². The van der Waals surface area contributed by atoms with Crippen LogP contribution in [-0.2, 0) is 9.59 Å². The summed E-state index contributed by atoms with van der Waals surface area (Å²) in [6, 6.07) is 6.31. The second-order valence-corrected chi connectivity index (χ2v) is 6.39. The summed E-state index contributed by atoms with van der Waals surface area (Å²) in [6.45, 7) is 9.63. The molecule has 1 aliphatic rings. The first-order chi connectivity index (χ1) is 11.0. The molecule has 5 nitrogen and oxygen atoms in total. The Balaban J connectivity index is 1.86. The number of hydrogen-bond acceptors (Lipinski definition) is 3. The number of nitrogens with zero attached hydrogens (tertiary/aromatic N) is 2. The molecule has 1 N–H and O–H groups in total. The summed E-state index contributed by atoms with van der Waals surface area (Å²) in [5.41, 5.74) is 3.65. The Bertz CT molecular complexity index is 549. The molecule has 0 aliphatic carbocycles. The van der Waals surface area contributed by atoms with E-state index in [1.54, 1.807) is 4.90 Å². The van der Waals surface area contributed by atoms with Crippen LogP contribution in [0.15, 0.2) is 18.2 Å². The number of para-hydroxylation sites is 1. The van der Waals surface area contributed by atoms with E-state index in [4.69, 9.17) is 0 Å². The van der Waals surface area contributed by atoms with Crippen LogP contribution in [0.3, 0.4) is 0 Å². The summed E-state index contributed by atoms with van der Waals surface area (Å²) in [7, 11) is 0. The lowest BCUT2D eigenvalue weighted by Crippen LogP contribution is -2.48. The Kier molecular flexibility index (Phi) is 6.02. The smallest absolute Gasteiger partial charge is 0.224 e. The van der Waals surface area contributed by atoms with Crippen molar-refractivity contribution in [2.45, 2.75) is 33.1 Å². The fourth-order valence-corrected chi connectivity index (χ4v) is 2.94. The van der Waals surface area contributed by atoms with Crippen molar-refractivity contribution in [1.82, 2.24) is 9.80 Å². The Labute approximate surface area is 138 Å². The van der Waals surface area contributed by atoms with Crippen LogP contribution in [0.1, 0.15) is 37.3 Å². The van der Waals surface area contributed by atoms with E-state index in [1.807, 2.05) is 4.90 Å². The van der Waals surface area contributed by atoms with E-state index in [2.05, 4.69) is 44.3 Å². The van der Waals surface area contributed by atoms with Gasteiger partial charge in [-0.1, -0.05) is 32.0 Å². The zero-order valence-corrected chi connectivity index (χ0v) is 14.3. The molecule has 1 aliphatic heterocycles. The molecule has 0 atom stereocenters. The molecule has 1 aromatic rings. The quantitative estimate of drug-likeness (QED) is 0.819. The van der Waals surface area contributed by atoms with Crippen LogP contribution in [0.2, 0.25) is 0 Å². The van der Waals surface area contributed by atoms with Crippen LogP contribution in [0.25, 0.3) is 0 Å². The minimum absolute atomic E-state index is 0.155. The van der Waals surface area contributed by atoms with Crippen molar-refractivity contribution in [3.05, 3.63) is 29.3 Å². The lowest BCUT2D eigenvalue weighted by atomic mass is 9.98. The first-order valence-electron chi connectivity index (χ1n) is 8.33. The average Bonchev–Trinajstić information content (AvgIpc) is 2.56. The summed E-state index contributed by atoms with van der Waals surface area (Å²) in [4.78, 5) is 26.5. The van der Waals surface area contributed by atoms with E-state index < -0.39 is 0 Å². The number of anilines is 1. The first kappa shape index (κ1) is 17.3. The van der Waals surface area contributed by atoms with Gasteiger partial charge in [-0.15, -0.1) is 0 Å². The summed E-state index contributed by atoms with van der Waals surface area (Å²) < 4.78 is 0. The molecule has 0 radical (unpaired) electrons. The van der Waals surface area contributed by atoms with Crippen molar-refractivity contribution in [2.75, 3.05) is 38.0 Å². The summed E-state index contributed by atoms with van der Waals surface area (Å²) in [5.74, 6) is 0.604. The second kappa shape index (κ2) is 7.99. The maximum atomic E-state index is 12.3. The summed E-state index contributed by atoms with van der Waals surface area (Å²) in [6.07, 6.45) is 1.34. The summed E-state index contributed by atoms with van der Waals surface area (Å²) in [5, 5.41) is 3.44. The Morgan fingerprint density at radius 1 is 1.26 bits per heavy atom. The number of carbonyl (C=O) groups excluding carboxylic acids is 2. The van der Waals surface area contributed by atoms with Crippen LogP contribution in [0, 0.1) is 6.92 Å². The Hall–Kier alpha value is -2.04. The fraction of sp³-hybridized carbons (Fsp3) is 0.556. The largest absolute Gasteiger partial charge is 0.384 e. The van der Waals surface area contributed by atoms with Gasteiger partial charge in [-0.3, -0.25) is 9.59 Å². The molecule has 126 valence electrons. The second-order valence-electron chi connectivity index (χ2n) is 6.39. The van der Waals surface area contributed by atoms with Crippen LogP contribution in [0.5, 0.6) is 0 Å². The number of nitrogens with one attached hydrogen (secondary N) is 1. The number of amides is 2. The third-order valence-electron chi connectivity index (χ3n) is 4.38. The van der Waals surface area contributed by atoms with Crippen molar-refractivity contribution in [3.8, 4) is 0 Å². The minimum atomic E-state index is 0.155. The van der Waals surface area contributed by atoms with Gasteiger partial charge in [0.15, 0.2) is 0 Å². The third-order valence-corrected chi connectivity index (χ3v) is 4.38. The Morgan fingerprint density at radius 2 is 1.96 bits per heavy atom. The van der Waals surface area contributed by atoms with Gasteiger partial charge in [0.25, 0.3) is 0 Å². The van der Waals surface area contributed by atoms with Crippen molar-refractivity contribution in [3.63, 3.8) is 0 Å². The fourth-order valence-electron chi connectivity index (χ4n) is 2.94. The lowest BCUT2D eigenvalue weighted by molar-refractivity contribution is -0.134. The number of carbonyl (C=O) groups is 2. The molecule has 2 rings (SSSR count). The van der Waals surface area contributed by atoms with Gasteiger partial charge in [-0.25, -0.2) is 0 Å². The highest BCUT2D eigenvalue weighted by Gasteiger charge is 2.19. The molecule has 1 heterocycles. The average molecular weight is 317 g/mol. The minimum Gasteiger partial charge on any atom is -0.384 e. The molecule has 1 fully saturated rings. The van der Waals surface area contributed by atoms with E-state index in [9.17, 15) is 9.59 Å². The third kappa shape index (κ3) is 4.47. The predicted molar refractivity (Wildman–Crippen MR) is 92.6 cm³/mol. The monoisotopic (exact) mass is 317 g/mol. The SMILES string of the molecule is Cc1cccc(C(C)C)c1NCCC(=O)N1CCN(C=O)CC1. The van der Waals surface area contributed by atoms with Crippen LogP contribution in [0.4, 0.5) is 5.69 Å². The number of benzene rings is 1. The molecular weight excluding hydrogens is 290 g/mol. The van der Waals surface area contributed by atoms with Gasteiger partial charge >= 0.3 is 0 Å². The number of piperazine rings is 1. The highest BCUT2D eigenvalue weighted by molar-refractivity contribution is 5.77. The molecular formula is C18H27N3O2. The summed E-state index contributed by atoms with van der Waals surface area (Å²) >= 11 is 0. The molecule has 0 aromatic heterocycles. The topological polar surface area (TPSA) is 52.7 Å². The molecule has 0 spiro atoms. The number of hydrogen-bond donors (Lipinski definition) is 1. The van der Waals surface area contributed by atoms with Crippen LogP contribution < -0.4 is 5.32 Å². The number of rotatable bonds is 6. The molecule has 1 aromatic carbocycles. The molecule has 2 amide bonds. The zero-order valence-electron chi connectivity index (χ0n) is 14.3. The van der Waals surface area contributed by atoms with Crippen LogP contribution in [-0.4, -0.2) is 54.8 Å². The maximum Gasteiger partial charge on any atom is 0.224 e. The van der Waals surface area contributed by atoms with Gasteiger partial charge < -0.3 is 15.1 Å². The van der Waals surface area contributed by atoms with Gasteiger partial charge in [0.1, 0.15) is 0 Å². The molecule has 0 saturated carbocycles. The first-order valence-corrected chi connectivity index (χ1v) is 8.33. The van der Waals surface area contributed by atoms with Gasteiger partial charge in [0.2, 0.25) is 12.3 Å². The van der Waals surface area contributed by atoms with E-state index in [0.29, 0.717) is 45.1 Å². The molecule has 5 heteroatoms. The predicted octanol–water partition coefficient (Wildman–Crippen LogP) is 2.22. The van der Waals surface area contributed by atoms with E-state index in [-0.39, 0.29) is 5.91 Å². The molecule has 23 heavy (non-hydrogen) atoms. The van der Waals surface area contributed by atoms with E-state index in [0.717, 1.165) is 12.1 Å².